The maximum absolute atomic E-state index is 4.51. The Balaban J connectivity index is 2.49. The zero-order valence-corrected chi connectivity index (χ0v) is 9.07. The Morgan fingerprint density at radius 2 is 1.93 bits per heavy atom. The van der Waals surface area contributed by atoms with Crippen LogP contribution >= 0.6 is 0 Å². The van der Waals surface area contributed by atoms with Crippen molar-refractivity contribution in [2.75, 3.05) is 0 Å². The molecule has 0 atom stereocenters. The molecule has 2 heteroatoms. The van der Waals surface area contributed by atoms with Crippen LogP contribution in [-0.2, 0) is 6.42 Å². The van der Waals surface area contributed by atoms with Crippen LogP contribution in [0.5, 0.6) is 0 Å². The summed E-state index contributed by atoms with van der Waals surface area (Å²) in [4.78, 5) is 8.82. The van der Waals surface area contributed by atoms with Crippen LogP contribution in [0.2, 0.25) is 0 Å². The van der Waals surface area contributed by atoms with Gasteiger partial charge in [-0.2, -0.15) is 0 Å². The van der Waals surface area contributed by atoms with Crippen LogP contribution in [0.3, 0.4) is 0 Å². The first kappa shape index (κ1) is 9.84. The monoisotopic (exact) mass is 198 g/mol. The van der Waals surface area contributed by atoms with Gasteiger partial charge in [-0.25, -0.2) is 9.97 Å². The minimum Gasteiger partial charge on any atom is -0.237 e. The van der Waals surface area contributed by atoms with E-state index in [2.05, 4.69) is 35.9 Å². The molecule has 0 amide bonds. The molecule has 15 heavy (non-hydrogen) atoms. The molecule has 2 aromatic rings. The van der Waals surface area contributed by atoms with E-state index in [0.717, 1.165) is 23.5 Å². The number of rotatable bonds is 2. The molecule has 0 aliphatic heterocycles. The highest BCUT2D eigenvalue weighted by Gasteiger charge is 2.03. The van der Waals surface area contributed by atoms with Crippen LogP contribution in [0.15, 0.2) is 36.5 Å². The minimum atomic E-state index is 0.826. The second-order valence-electron chi connectivity index (χ2n) is 3.54. The van der Waals surface area contributed by atoms with Crippen molar-refractivity contribution in [1.29, 1.82) is 0 Å². The van der Waals surface area contributed by atoms with Crippen LogP contribution in [0.25, 0.3) is 11.4 Å². The van der Waals surface area contributed by atoms with Crippen molar-refractivity contribution in [2.45, 2.75) is 20.3 Å². The SMILES string of the molecule is CCc1ccnc(-c2ccccc2C)n1. The van der Waals surface area contributed by atoms with Crippen molar-refractivity contribution in [3.05, 3.63) is 47.8 Å². The van der Waals surface area contributed by atoms with Gasteiger partial charge in [0.25, 0.3) is 0 Å². The number of aromatic nitrogens is 2. The fraction of sp³-hybridized carbons (Fsp3) is 0.231. The van der Waals surface area contributed by atoms with E-state index in [0.29, 0.717) is 0 Å². The lowest BCUT2D eigenvalue weighted by molar-refractivity contribution is 1.00. The van der Waals surface area contributed by atoms with Crippen molar-refractivity contribution in [1.82, 2.24) is 9.97 Å². The largest absolute Gasteiger partial charge is 0.237 e. The zero-order valence-electron chi connectivity index (χ0n) is 9.07. The molecule has 2 rings (SSSR count). The fourth-order valence-electron chi connectivity index (χ4n) is 1.55. The predicted octanol–water partition coefficient (Wildman–Crippen LogP) is 3.01. The van der Waals surface area contributed by atoms with Crippen LogP contribution in [0.4, 0.5) is 0 Å². The summed E-state index contributed by atoms with van der Waals surface area (Å²) in [7, 11) is 0. The first-order valence-corrected chi connectivity index (χ1v) is 5.19. The topological polar surface area (TPSA) is 25.8 Å². The molecule has 0 saturated carbocycles. The lowest BCUT2D eigenvalue weighted by Gasteiger charge is -2.04. The third-order valence-electron chi connectivity index (χ3n) is 2.46. The van der Waals surface area contributed by atoms with Crippen molar-refractivity contribution >= 4 is 0 Å². The summed E-state index contributed by atoms with van der Waals surface area (Å²) >= 11 is 0. The van der Waals surface area contributed by atoms with Crippen molar-refractivity contribution in [3.63, 3.8) is 0 Å². The van der Waals surface area contributed by atoms with Gasteiger partial charge < -0.3 is 0 Å². The van der Waals surface area contributed by atoms with Gasteiger partial charge in [0.15, 0.2) is 5.82 Å². The lowest BCUT2D eigenvalue weighted by Crippen LogP contribution is -1.94. The maximum atomic E-state index is 4.51. The second-order valence-corrected chi connectivity index (χ2v) is 3.54. The zero-order chi connectivity index (χ0) is 10.7. The Bertz CT molecular complexity index is 464. The predicted molar refractivity (Wildman–Crippen MR) is 61.6 cm³/mol. The van der Waals surface area contributed by atoms with E-state index in [-0.39, 0.29) is 0 Å². The minimum absolute atomic E-state index is 0.826. The average Bonchev–Trinajstić information content (AvgIpc) is 2.30. The first-order chi connectivity index (χ1) is 7.31. The van der Waals surface area contributed by atoms with Gasteiger partial charge in [-0.1, -0.05) is 31.2 Å². The summed E-state index contributed by atoms with van der Waals surface area (Å²) in [6.07, 6.45) is 2.77. The lowest BCUT2D eigenvalue weighted by atomic mass is 10.1. The summed E-state index contributed by atoms with van der Waals surface area (Å²) in [5.74, 6) is 0.826. The van der Waals surface area contributed by atoms with Crippen molar-refractivity contribution < 1.29 is 0 Å². The van der Waals surface area contributed by atoms with Gasteiger partial charge in [-0.05, 0) is 25.0 Å². The maximum Gasteiger partial charge on any atom is 0.159 e. The van der Waals surface area contributed by atoms with Gasteiger partial charge in [0.2, 0.25) is 0 Å². The molecule has 0 fully saturated rings. The fourth-order valence-corrected chi connectivity index (χ4v) is 1.55. The first-order valence-electron chi connectivity index (χ1n) is 5.19. The Labute approximate surface area is 90.0 Å². The second kappa shape index (κ2) is 4.22. The highest BCUT2D eigenvalue weighted by Crippen LogP contribution is 2.18. The molecule has 0 N–H and O–H groups in total. The normalized spacial score (nSPS) is 10.3. The van der Waals surface area contributed by atoms with Crippen LogP contribution < -0.4 is 0 Å². The van der Waals surface area contributed by atoms with Gasteiger partial charge in [-0.3, -0.25) is 0 Å². The summed E-state index contributed by atoms with van der Waals surface area (Å²) in [5.41, 5.74) is 3.42. The summed E-state index contributed by atoms with van der Waals surface area (Å²) in [5, 5.41) is 0. The van der Waals surface area contributed by atoms with Gasteiger partial charge >= 0.3 is 0 Å². The Morgan fingerprint density at radius 3 is 2.67 bits per heavy atom. The molecule has 1 aromatic heterocycles. The average molecular weight is 198 g/mol. The van der Waals surface area contributed by atoms with Crippen LogP contribution in [-0.4, -0.2) is 9.97 Å². The molecule has 0 aliphatic carbocycles. The van der Waals surface area contributed by atoms with Gasteiger partial charge in [0, 0.05) is 17.5 Å². The van der Waals surface area contributed by atoms with E-state index in [1.165, 1.54) is 5.56 Å². The van der Waals surface area contributed by atoms with E-state index in [1.807, 2.05) is 24.4 Å². The van der Waals surface area contributed by atoms with E-state index in [9.17, 15) is 0 Å². The Morgan fingerprint density at radius 1 is 1.13 bits per heavy atom. The van der Waals surface area contributed by atoms with E-state index >= 15 is 0 Å². The highest BCUT2D eigenvalue weighted by molar-refractivity contribution is 5.59. The van der Waals surface area contributed by atoms with Gasteiger partial charge in [-0.15, -0.1) is 0 Å². The smallest absolute Gasteiger partial charge is 0.159 e. The molecular formula is C13H14N2. The van der Waals surface area contributed by atoms with E-state index in [4.69, 9.17) is 0 Å². The molecule has 1 heterocycles. The third-order valence-corrected chi connectivity index (χ3v) is 2.46. The van der Waals surface area contributed by atoms with Crippen molar-refractivity contribution in [3.8, 4) is 11.4 Å². The van der Waals surface area contributed by atoms with Crippen LogP contribution in [0, 0.1) is 6.92 Å². The highest BCUT2D eigenvalue weighted by atomic mass is 14.9. The molecule has 76 valence electrons. The molecule has 0 spiro atoms. The number of benzene rings is 1. The van der Waals surface area contributed by atoms with E-state index < -0.39 is 0 Å². The summed E-state index contributed by atoms with van der Waals surface area (Å²) < 4.78 is 0. The number of nitrogens with zero attached hydrogens (tertiary/aromatic N) is 2. The quantitative estimate of drug-likeness (QED) is 0.741. The molecular weight excluding hydrogens is 184 g/mol. The molecule has 2 nitrogen and oxygen atoms in total. The summed E-state index contributed by atoms with van der Waals surface area (Å²) in [6.45, 7) is 4.18. The number of hydrogen-bond donors (Lipinski definition) is 0. The third kappa shape index (κ3) is 2.04. The molecule has 0 radical (unpaired) electrons. The van der Waals surface area contributed by atoms with Crippen molar-refractivity contribution in [2.24, 2.45) is 0 Å². The standard InChI is InChI=1S/C13H14N2/c1-3-11-8-9-14-13(15-11)12-7-5-4-6-10(12)2/h4-9H,3H2,1-2H3. The Kier molecular flexibility index (Phi) is 2.77. The van der Waals surface area contributed by atoms with Gasteiger partial charge in [0.1, 0.15) is 0 Å². The Hall–Kier alpha value is -1.70. The molecule has 1 aromatic carbocycles. The molecule has 0 bridgehead atoms. The van der Waals surface area contributed by atoms with E-state index in [1.54, 1.807) is 0 Å². The van der Waals surface area contributed by atoms with Gasteiger partial charge in [0.05, 0.1) is 0 Å². The van der Waals surface area contributed by atoms with Crippen LogP contribution in [0.1, 0.15) is 18.2 Å². The summed E-state index contributed by atoms with van der Waals surface area (Å²) in [6, 6.07) is 10.1. The number of hydrogen-bond acceptors (Lipinski definition) is 2. The molecule has 0 aliphatic rings. The molecule has 0 unspecified atom stereocenters. The molecule has 0 saturated heterocycles. The number of aryl methyl sites for hydroxylation is 2.